The summed E-state index contributed by atoms with van der Waals surface area (Å²) in [7, 11) is -1.84. The van der Waals surface area contributed by atoms with E-state index in [9.17, 15) is 8.42 Å². The van der Waals surface area contributed by atoms with E-state index in [1.807, 2.05) is 0 Å². The van der Waals surface area contributed by atoms with Crippen LogP contribution in [-0.4, -0.2) is 34.6 Å². The number of halogens is 1. The molecule has 0 unspecified atom stereocenters. The topological polar surface area (TPSA) is 70.2 Å². The van der Waals surface area contributed by atoms with E-state index in [0.717, 1.165) is 25.9 Å². The third-order valence-corrected chi connectivity index (χ3v) is 3.11. The Balaban J connectivity index is 0.00000144. The van der Waals surface area contributed by atoms with Crippen molar-refractivity contribution in [2.75, 3.05) is 20.1 Å². The molecule has 0 aromatic heterocycles. The largest absolute Gasteiger partial charge is 0.317 e. The number of hydrogen-bond acceptors (Lipinski definition) is 3. The first-order valence-corrected chi connectivity index (χ1v) is 5.54. The summed E-state index contributed by atoms with van der Waals surface area (Å²) in [4.78, 5) is 0. The van der Waals surface area contributed by atoms with Gasteiger partial charge in [0.05, 0.1) is 0 Å². The Bertz CT molecular complexity index is 226. The molecule has 0 atom stereocenters. The first-order chi connectivity index (χ1) is 5.64. The molecule has 5 nitrogen and oxygen atoms in total. The maximum atomic E-state index is 11.0. The highest BCUT2D eigenvalue weighted by molar-refractivity contribution is 7.87. The van der Waals surface area contributed by atoms with E-state index in [0.29, 0.717) is 0 Å². The Morgan fingerprint density at radius 1 is 1.31 bits per heavy atom. The van der Waals surface area contributed by atoms with E-state index in [1.165, 1.54) is 7.05 Å². The first-order valence-electron chi connectivity index (χ1n) is 4.05. The number of piperidine rings is 1. The van der Waals surface area contributed by atoms with Crippen LogP contribution in [0.3, 0.4) is 0 Å². The molecule has 0 aromatic carbocycles. The van der Waals surface area contributed by atoms with Gasteiger partial charge in [-0.3, -0.25) is 0 Å². The van der Waals surface area contributed by atoms with Gasteiger partial charge in [0.2, 0.25) is 0 Å². The molecule has 80 valence electrons. The minimum Gasteiger partial charge on any atom is -0.317 e. The Morgan fingerprint density at radius 2 is 1.85 bits per heavy atom. The van der Waals surface area contributed by atoms with Crippen LogP contribution in [0.25, 0.3) is 0 Å². The lowest BCUT2D eigenvalue weighted by Gasteiger charge is -2.22. The van der Waals surface area contributed by atoms with Gasteiger partial charge in [0.15, 0.2) is 0 Å². The third-order valence-electron chi connectivity index (χ3n) is 1.93. The predicted octanol–water partition coefficient (Wildman–Crippen LogP) is -0.786. The summed E-state index contributed by atoms with van der Waals surface area (Å²) in [5.74, 6) is 0. The highest BCUT2D eigenvalue weighted by Gasteiger charge is 2.17. The summed E-state index contributed by atoms with van der Waals surface area (Å²) in [6, 6.07) is 0.0868. The SMILES string of the molecule is CNS(=O)(=O)NC1CCNCC1.Cl. The monoisotopic (exact) mass is 229 g/mol. The Kier molecular flexibility index (Phi) is 5.82. The van der Waals surface area contributed by atoms with Crippen LogP contribution in [0.15, 0.2) is 0 Å². The molecule has 0 spiro atoms. The van der Waals surface area contributed by atoms with Crippen LogP contribution in [0.2, 0.25) is 0 Å². The van der Waals surface area contributed by atoms with Crippen LogP contribution in [0, 0.1) is 0 Å². The number of rotatable bonds is 3. The summed E-state index contributed by atoms with van der Waals surface area (Å²) < 4.78 is 26.8. The predicted molar refractivity (Wildman–Crippen MR) is 54.3 cm³/mol. The molecule has 1 fully saturated rings. The molecule has 0 radical (unpaired) electrons. The van der Waals surface area contributed by atoms with Gasteiger partial charge < -0.3 is 5.32 Å². The molecule has 0 aliphatic carbocycles. The van der Waals surface area contributed by atoms with Gasteiger partial charge in [-0.2, -0.15) is 13.1 Å². The van der Waals surface area contributed by atoms with Gasteiger partial charge in [0.1, 0.15) is 0 Å². The third kappa shape index (κ3) is 4.78. The van der Waals surface area contributed by atoms with Gasteiger partial charge in [-0.1, -0.05) is 0 Å². The van der Waals surface area contributed by atoms with Gasteiger partial charge >= 0.3 is 0 Å². The molecule has 0 amide bonds. The molecular weight excluding hydrogens is 214 g/mol. The average molecular weight is 230 g/mol. The van der Waals surface area contributed by atoms with Crippen molar-refractivity contribution >= 4 is 22.6 Å². The summed E-state index contributed by atoms with van der Waals surface area (Å²) in [5, 5.41) is 3.16. The van der Waals surface area contributed by atoms with Crippen LogP contribution in [0.4, 0.5) is 0 Å². The van der Waals surface area contributed by atoms with Crippen molar-refractivity contribution in [3.63, 3.8) is 0 Å². The van der Waals surface area contributed by atoms with Gasteiger partial charge in [0, 0.05) is 13.1 Å². The van der Waals surface area contributed by atoms with E-state index in [-0.39, 0.29) is 18.4 Å². The van der Waals surface area contributed by atoms with E-state index in [4.69, 9.17) is 0 Å². The van der Waals surface area contributed by atoms with Crippen molar-refractivity contribution < 1.29 is 8.42 Å². The zero-order valence-corrected chi connectivity index (χ0v) is 9.17. The molecule has 1 aliphatic heterocycles. The Labute approximate surface area is 85.3 Å². The van der Waals surface area contributed by atoms with E-state index >= 15 is 0 Å². The van der Waals surface area contributed by atoms with Crippen LogP contribution < -0.4 is 14.8 Å². The highest BCUT2D eigenvalue weighted by atomic mass is 35.5. The second kappa shape index (κ2) is 5.77. The van der Waals surface area contributed by atoms with Crippen LogP contribution in [0.5, 0.6) is 0 Å². The van der Waals surface area contributed by atoms with Crippen molar-refractivity contribution in [3.05, 3.63) is 0 Å². The maximum Gasteiger partial charge on any atom is 0.276 e. The smallest absolute Gasteiger partial charge is 0.276 e. The van der Waals surface area contributed by atoms with Crippen LogP contribution >= 0.6 is 12.4 Å². The summed E-state index contributed by atoms with van der Waals surface area (Å²) in [6.07, 6.45) is 1.72. The lowest BCUT2D eigenvalue weighted by atomic mass is 10.1. The van der Waals surface area contributed by atoms with Gasteiger partial charge in [-0.15, -0.1) is 12.4 Å². The number of nitrogens with one attached hydrogen (secondary N) is 3. The fraction of sp³-hybridized carbons (Fsp3) is 1.00. The second-order valence-electron chi connectivity index (χ2n) is 2.85. The zero-order chi connectivity index (χ0) is 9.03. The van der Waals surface area contributed by atoms with Crippen LogP contribution in [0.1, 0.15) is 12.8 Å². The average Bonchev–Trinajstić information content (AvgIpc) is 2.06. The molecule has 7 heteroatoms. The molecule has 0 aromatic rings. The van der Waals surface area contributed by atoms with E-state index in [1.54, 1.807) is 0 Å². The first kappa shape index (κ1) is 13.1. The van der Waals surface area contributed by atoms with Gasteiger partial charge in [0.25, 0.3) is 10.2 Å². The van der Waals surface area contributed by atoms with Gasteiger partial charge in [-0.25, -0.2) is 4.72 Å². The standard InChI is InChI=1S/C6H15N3O2S.ClH/c1-7-12(10,11)9-6-2-4-8-5-3-6;/h6-9H,2-5H2,1H3;1H. The van der Waals surface area contributed by atoms with Crippen molar-refractivity contribution in [2.45, 2.75) is 18.9 Å². The Hall–Kier alpha value is 0.120. The maximum absolute atomic E-state index is 11.0. The molecule has 1 saturated heterocycles. The van der Waals surface area contributed by atoms with Crippen molar-refractivity contribution in [3.8, 4) is 0 Å². The minimum absolute atomic E-state index is 0. The molecular formula is C6H16ClN3O2S. The summed E-state index contributed by atoms with van der Waals surface area (Å²) in [5.41, 5.74) is 0. The number of hydrogen-bond donors (Lipinski definition) is 3. The molecule has 1 aliphatic rings. The zero-order valence-electron chi connectivity index (χ0n) is 7.54. The highest BCUT2D eigenvalue weighted by Crippen LogP contribution is 2.02. The van der Waals surface area contributed by atoms with E-state index in [2.05, 4.69) is 14.8 Å². The van der Waals surface area contributed by atoms with Crippen molar-refractivity contribution in [2.24, 2.45) is 0 Å². The van der Waals surface area contributed by atoms with Crippen LogP contribution in [-0.2, 0) is 10.2 Å². The fourth-order valence-electron chi connectivity index (χ4n) is 1.22. The van der Waals surface area contributed by atoms with E-state index < -0.39 is 10.2 Å². The fourth-order valence-corrected chi connectivity index (χ4v) is 2.01. The minimum atomic E-state index is -3.25. The molecule has 1 rings (SSSR count). The summed E-state index contributed by atoms with van der Waals surface area (Å²) in [6.45, 7) is 1.77. The van der Waals surface area contributed by atoms with Crippen molar-refractivity contribution in [1.29, 1.82) is 0 Å². The molecule has 0 saturated carbocycles. The lowest BCUT2D eigenvalue weighted by Crippen LogP contribution is -2.46. The van der Waals surface area contributed by atoms with Crippen molar-refractivity contribution in [1.82, 2.24) is 14.8 Å². The summed E-state index contributed by atoms with van der Waals surface area (Å²) >= 11 is 0. The lowest BCUT2D eigenvalue weighted by molar-refractivity contribution is 0.425. The normalized spacial score (nSPS) is 19.5. The Morgan fingerprint density at radius 3 is 2.31 bits per heavy atom. The molecule has 13 heavy (non-hydrogen) atoms. The quantitative estimate of drug-likeness (QED) is 0.595. The molecule has 3 N–H and O–H groups in total. The molecule has 1 heterocycles. The van der Waals surface area contributed by atoms with Gasteiger partial charge in [-0.05, 0) is 25.9 Å². The second-order valence-corrected chi connectivity index (χ2v) is 4.50. The molecule has 0 bridgehead atoms.